The summed E-state index contributed by atoms with van der Waals surface area (Å²) in [5.41, 5.74) is -0.211. The van der Waals surface area contributed by atoms with Gasteiger partial charge < -0.3 is 9.29 Å². The number of carboxylic acid groups (broad SMARTS) is 1. The molecule has 3 aromatic rings. The van der Waals surface area contributed by atoms with Gasteiger partial charge in [-0.3, -0.25) is 0 Å². The fourth-order valence-electron chi connectivity index (χ4n) is 2.21. The van der Waals surface area contributed by atoms with Crippen LogP contribution >= 0.6 is 0 Å². The van der Waals surface area contributed by atoms with Crippen molar-refractivity contribution in [3.8, 4) is 5.75 Å². The van der Waals surface area contributed by atoms with Crippen molar-refractivity contribution in [3.05, 3.63) is 72.3 Å². The van der Waals surface area contributed by atoms with Gasteiger partial charge in [-0.2, -0.15) is 8.42 Å². The maximum atomic E-state index is 12.4. The lowest BCUT2D eigenvalue weighted by Crippen LogP contribution is -2.12. The summed E-state index contributed by atoms with van der Waals surface area (Å²) in [6.45, 7) is 0. The SMILES string of the molecule is O=C(O)c1ccccc1OS(=O)(=O)c1ccc2ccccc2c1. The summed E-state index contributed by atoms with van der Waals surface area (Å²) < 4.78 is 29.8. The third kappa shape index (κ3) is 3.02. The summed E-state index contributed by atoms with van der Waals surface area (Å²) in [5.74, 6) is -1.47. The minimum atomic E-state index is -4.12. The van der Waals surface area contributed by atoms with Crippen LogP contribution in [0.15, 0.2) is 71.6 Å². The van der Waals surface area contributed by atoms with Crippen molar-refractivity contribution in [3.63, 3.8) is 0 Å². The summed E-state index contributed by atoms with van der Waals surface area (Å²) in [7, 11) is -4.12. The fraction of sp³-hybridized carbons (Fsp3) is 0. The van der Waals surface area contributed by atoms with E-state index in [0.717, 1.165) is 10.8 Å². The van der Waals surface area contributed by atoms with Crippen molar-refractivity contribution in [1.82, 2.24) is 0 Å². The number of benzene rings is 3. The van der Waals surface area contributed by atoms with Gasteiger partial charge in [0.05, 0.1) is 0 Å². The smallest absolute Gasteiger partial charge is 0.339 e. The molecule has 0 saturated heterocycles. The van der Waals surface area contributed by atoms with E-state index in [-0.39, 0.29) is 16.2 Å². The van der Waals surface area contributed by atoms with Crippen molar-refractivity contribution < 1.29 is 22.5 Å². The molecule has 0 fully saturated rings. The highest BCUT2D eigenvalue weighted by molar-refractivity contribution is 7.87. The second kappa shape index (κ2) is 5.73. The van der Waals surface area contributed by atoms with E-state index < -0.39 is 16.1 Å². The molecule has 0 amide bonds. The normalized spacial score (nSPS) is 11.3. The Morgan fingerprint density at radius 2 is 1.52 bits per heavy atom. The molecule has 0 heterocycles. The Bertz CT molecular complexity index is 993. The molecule has 0 atom stereocenters. The number of para-hydroxylation sites is 1. The molecule has 0 aliphatic heterocycles. The molecule has 0 aromatic heterocycles. The Labute approximate surface area is 132 Å². The van der Waals surface area contributed by atoms with Gasteiger partial charge >= 0.3 is 16.1 Å². The zero-order valence-electron chi connectivity index (χ0n) is 11.8. The van der Waals surface area contributed by atoms with Gasteiger partial charge in [-0.25, -0.2) is 4.79 Å². The minimum Gasteiger partial charge on any atom is -0.478 e. The molecule has 0 aliphatic rings. The molecule has 3 aromatic carbocycles. The maximum absolute atomic E-state index is 12.4. The second-order valence-electron chi connectivity index (χ2n) is 4.85. The van der Waals surface area contributed by atoms with E-state index in [1.807, 2.05) is 12.1 Å². The Hall–Kier alpha value is -2.86. The lowest BCUT2D eigenvalue weighted by Gasteiger charge is -2.10. The van der Waals surface area contributed by atoms with Gasteiger partial charge in [-0.1, -0.05) is 42.5 Å². The molecule has 116 valence electrons. The van der Waals surface area contributed by atoms with Gasteiger partial charge in [0.1, 0.15) is 10.5 Å². The van der Waals surface area contributed by atoms with Crippen LogP contribution in [0.4, 0.5) is 0 Å². The zero-order chi connectivity index (χ0) is 16.4. The lowest BCUT2D eigenvalue weighted by molar-refractivity contribution is 0.0695. The lowest BCUT2D eigenvalue weighted by atomic mass is 10.1. The third-order valence-corrected chi connectivity index (χ3v) is 4.56. The first-order valence-electron chi connectivity index (χ1n) is 6.73. The van der Waals surface area contributed by atoms with Crippen LogP contribution in [0.2, 0.25) is 0 Å². The predicted molar refractivity (Wildman–Crippen MR) is 85.2 cm³/mol. The number of carboxylic acids is 1. The van der Waals surface area contributed by atoms with Crippen molar-refractivity contribution in [2.24, 2.45) is 0 Å². The monoisotopic (exact) mass is 328 g/mol. The van der Waals surface area contributed by atoms with Gasteiger partial charge in [-0.05, 0) is 35.0 Å². The average Bonchev–Trinajstić information content (AvgIpc) is 2.54. The van der Waals surface area contributed by atoms with Crippen molar-refractivity contribution in [2.75, 3.05) is 0 Å². The number of fused-ring (bicyclic) bond motifs is 1. The Balaban J connectivity index is 2.03. The first-order valence-corrected chi connectivity index (χ1v) is 8.14. The van der Waals surface area contributed by atoms with Crippen LogP contribution in [-0.4, -0.2) is 19.5 Å². The molecule has 0 spiro atoms. The molecule has 0 aliphatic carbocycles. The highest BCUT2D eigenvalue weighted by atomic mass is 32.2. The minimum absolute atomic E-state index is 0.0311. The first-order chi connectivity index (χ1) is 11.0. The summed E-state index contributed by atoms with van der Waals surface area (Å²) in [4.78, 5) is 11.1. The average molecular weight is 328 g/mol. The van der Waals surface area contributed by atoms with Crippen LogP contribution in [0.1, 0.15) is 10.4 Å². The highest BCUT2D eigenvalue weighted by Gasteiger charge is 2.20. The quantitative estimate of drug-likeness (QED) is 0.743. The van der Waals surface area contributed by atoms with Crippen LogP contribution in [0, 0.1) is 0 Å². The summed E-state index contributed by atoms with van der Waals surface area (Å²) in [6.07, 6.45) is 0. The summed E-state index contributed by atoms with van der Waals surface area (Å²) in [5, 5.41) is 10.8. The number of aromatic carboxylic acids is 1. The zero-order valence-corrected chi connectivity index (χ0v) is 12.7. The maximum Gasteiger partial charge on any atom is 0.339 e. The molecule has 0 unspecified atom stereocenters. The van der Waals surface area contributed by atoms with E-state index in [1.54, 1.807) is 18.2 Å². The Morgan fingerprint density at radius 1 is 0.870 bits per heavy atom. The molecule has 0 radical (unpaired) electrons. The van der Waals surface area contributed by atoms with Crippen molar-refractivity contribution in [2.45, 2.75) is 4.90 Å². The van der Waals surface area contributed by atoms with Crippen molar-refractivity contribution in [1.29, 1.82) is 0 Å². The number of carbonyl (C=O) groups is 1. The van der Waals surface area contributed by atoms with E-state index in [4.69, 9.17) is 9.29 Å². The molecule has 5 nitrogen and oxygen atoms in total. The molecule has 6 heteroatoms. The fourth-order valence-corrected chi connectivity index (χ4v) is 3.19. The molecular formula is C17H12O5S. The van der Waals surface area contributed by atoms with Crippen LogP contribution in [-0.2, 0) is 10.1 Å². The number of hydrogen-bond donors (Lipinski definition) is 1. The van der Waals surface area contributed by atoms with Crippen LogP contribution in [0.25, 0.3) is 10.8 Å². The van der Waals surface area contributed by atoms with E-state index in [1.165, 1.54) is 36.4 Å². The number of rotatable bonds is 4. The molecule has 23 heavy (non-hydrogen) atoms. The molecule has 3 rings (SSSR count). The van der Waals surface area contributed by atoms with Gasteiger partial charge in [0.15, 0.2) is 5.75 Å². The standard InChI is InChI=1S/C17H12O5S/c18-17(19)15-7-3-4-8-16(15)22-23(20,21)14-10-9-12-5-1-2-6-13(12)11-14/h1-11H,(H,18,19). The van der Waals surface area contributed by atoms with Crippen LogP contribution < -0.4 is 4.18 Å². The Kier molecular flexibility index (Phi) is 3.75. The summed E-state index contributed by atoms with van der Waals surface area (Å²) >= 11 is 0. The summed E-state index contributed by atoms with van der Waals surface area (Å²) in [6, 6.07) is 17.5. The van der Waals surface area contributed by atoms with Gasteiger partial charge in [0.25, 0.3) is 0 Å². The number of hydrogen-bond acceptors (Lipinski definition) is 4. The third-order valence-electron chi connectivity index (χ3n) is 3.33. The van der Waals surface area contributed by atoms with E-state index in [0.29, 0.717) is 0 Å². The Morgan fingerprint density at radius 3 is 2.26 bits per heavy atom. The molecular weight excluding hydrogens is 316 g/mol. The highest BCUT2D eigenvalue weighted by Crippen LogP contribution is 2.25. The molecule has 0 bridgehead atoms. The molecule has 0 saturated carbocycles. The largest absolute Gasteiger partial charge is 0.478 e. The van der Waals surface area contributed by atoms with Gasteiger partial charge in [0.2, 0.25) is 0 Å². The van der Waals surface area contributed by atoms with E-state index in [2.05, 4.69) is 0 Å². The van der Waals surface area contributed by atoms with Crippen LogP contribution in [0.5, 0.6) is 5.75 Å². The van der Waals surface area contributed by atoms with E-state index in [9.17, 15) is 13.2 Å². The molecule has 1 N–H and O–H groups in total. The second-order valence-corrected chi connectivity index (χ2v) is 6.39. The van der Waals surface area contributed by atoms with Crippen molar-refractivity contribution >= 4 is 26.9 Å². The predicted octanol–water partition coefficient (Wildman–Crippen LogP) is 3.31. The van der Waals surface area contributed by atoms with Crippen LogP contribution in [0.3, 0.4) is 0 Å². The first kappa shape index (κ1) is 15.1. The van der Waals surface area contributed by atoms with Gasteiger partial charge in [-0.15, -0.1) is 0 Å². The van der Waals surface area contributed by atoms with E-state index >= 15 is 0 Å². The van der Waals surface area contributed by atoms with Gasteiger partial charge in [0, 0.05) is 0 Å². The topological polar surface area (TPSA) is 80.7 Å².